The van der Waals surface area contributed by atoms with Crippen LogP contribution in [-0.2, 0) is 0 Å². The summed E-state index contributed by atoms with van der Waals surface area (Å²) in [4.78, 5) is 27.2. The first-order valence-electron chi connectivity index (χ1n) is 7.37. The lowest BCUT2D eigenvalue weighted by molar-refractivity contribution is -0.384. The molecule has 2 rings (SSSR count). The number of likely N-dealkylation sites (N-methyl/N-ethyl adjacent to an activating group) is 1. The Labute approximate surface area is 144 Å². The van der Waals surface area contributed by atoms with Gasteiger partial charge >= 0.3 is 0 Å². The van der Waals surface area contributed by atoms with Crippen LogP contribution in [0.3, 0.4) is 0 Å². The predicted octanol–water partition coefficient (Wildman–Crippen LogP) is 2.76. The molecule has 1 aliphatic rings. The van der Waals surface area contributed by atoms with Gasteiger partial charge in [0, 0.05) is 31.0 Å². The number of hydrogen-bond acceptors (Lipinski definition) is 5. The van der Waals surface area contributed by atoms with Crippen molar-refractivity contribution >= 4 is 35.0 Å². The summed E-state index contributed by atoms with van der Waals surface area (Å²) in [6, 6.07) is 4.07. The van der Waals surface area contributed by atoms with Crippen molar-refractivity contribution in [1.82, 2.24) is 9.80 Å². The molecule has 0 aromatic heterocycles. The summed E-state index contributed by atoms with van der Waals surface area (Å²) in [5.41, 5.74) is 0.0858. The molecular formula is C15H20ClN3O3S. The topological polar surface area (TPSA) is 66.7 Å². The van der Waals surface area contributed by atoms with Crippen LogP contribution in [0, 0.1) is 10.1 Å². The zero-order valence-corrected chi connectivity index (χ0v) is 14.8. The molecule has 1 fully saturated rings. The molecule has 6 nitrogen and oxygen atoms in total. The van der Waals surface area contributed by atoms with Gasteiger partial charge in [-0.3, -0.25) is 14.9 Å². The first-order chi connectivity index (χ1) is 10.9. The highest BCUT2D eigenvalue weighted by Crippen LogP contribution is 2.26. The summed E-state index contributed by atoms with van der Waals surface area (Å²) >= 11 is 7.96. The third-order valence-electron chi connectivity index (χ3n) is 3.67. The number of nitrogens with zero attached hydrogens (tertiary/aromatic N) is 3. The van der Waals surface area contributed by atoms with Gasteiger partial charge in [0.05, 0.1) is 21.6 Å². The van der Waals surface area contributed by atoms with Gasteiger partial charge in [-0.05, 0) is 32.3 Å². The quantitative estimate of drug-likeness (QED) is 0.612. The molecule has 8 heteroatoms. The van der Waals surface area contributed by atoms with E-state index in [1.54, 1.807) is 0 Å². The fourth-order valence-corrected chi connectivity index (χ4v) is 3.87. The van der Waals surface area contributed by atoms with E-state index in [9.17, 15) is 14.9 Å². The lowest BCUT2D eigenvalue weighted by atomic mass is 10.1. The number of amides is 1. The molecule has 23 heavy (non-hydrogen) atoms. The second kappa shape index (κ2) is 7.99. The molecule has 0 bridgehead atoms. The van der Waals surface area contributed by atoms with E-state index in [1.807, 2.05) is 35.7 Å². The van der Waals surface area contributed by atoms with Gasteiger partial charge in [-0.15, -0.1) is 0 Å². The van der Waals surface area contributed by atoms with Crippen molar-refractivity contribution in [1.29, 1.82) is 0 Å². The van der Waals surface area contributed by atoms with Crippen LogP contribution >= 0.6 is 23.4 Å². The molecule has 1 heterocycles. The predicted molar refractivity (Wildman–Crippen MR) is 93.4 cm³/mol. The normalized spacial score (nSPS) is 18.8. The molecule has 1 amide bonds. The largest absolute Gasteiger partial charge is 0.333 e. The third kappa shape index (κ3) is 4.59. The van der Waals surface area contributed by atoms with Gasteiger partial charge in [-0.1, -0.05) is 11.6 Å². The molecule has 1 unspecified atom stereocenters. The molecule has 1 atom stereocenters. The Bertz CT molecular complexity index is 597. The summed E-state index contributed by atoms with van der Waals surface area (Å²) in [6.45, 7) is 1.40. The Morgan fingerprint density at radius 2 is 2.26 bits per heavy atom. The zero-order valence-electron chi connectivity index (χ0n) is 13.2. The minimum absolute atomic E-state index is 0.0697. The van der Waals surface area contributed by atoms with Crippen molar-refractivity contribution in [2.75, 3.05) is 38.7 Å². The summed E-state index contributed by atoms with van der Waals surface area (Å²) in [5.74, 6) is 1.64. The van der Waals surface area contributed by atoms with Crippen molar-refractivity contribution in [2.45, 2.75) is 12.5 Å². The number of rotatable bonds is 4. The van der Waals surface area contributed by atoms with E-state index in [0.717, 1.165) is 24.5 Å². The summed E-state index contributed by atoms with van der Waals surface area (Å²) < 4.78 is 0. The van der Waals surface area contributed by atoms with E-state index in [2.05, 4.69) is 0 Å². The van der Waals surface area contributed by atoms with E-state index >= 15 is 0 Å². The lowest BCUT2D eigenvalue weighted by Crippen LogP contribution is -2.46. The molecule has 0 spiro atoms. The van der Waals surface area contributed by atoms with Crippen molar-refractivity contribution < 1.29 is 9.72 Å². The lowest BCUT2D eigenvalue weighted by Gasteiger charge is -2.32. The van der Waals surface area contributed by atoms with Crippen LogP contribution < -0.4 is 0 Å². The molecular weight excluding hydrogens is 338 g/mol. The van der Waals surface area contributed by atoms with E-state index in [0.29, 0.717) is 6.54 Å². The average molecular weight is 358 g/mol. The zero-order chi connectivity index (χ0) is 17.0. The van der Waals surface area contributed by atoms with Crippen molar-refractivity contribution in [3.63, 3.8) is 0 Å². The van der Waals surface area contributed by atoms with Crippen LogP contribution in [0.4, 0.5) is 5.69 Å². The van der Waals surface area contributed by atoms with Crippen LogP contribution in [0.5, 0.6) is 0 Å². The smallest absolute Gasteiger partial charge is 0.270 e. The van der Waals surface area contributed by atoms with Gasteiger partial charge in [0.15, 0.2) is 0 Å². The third-order valence-corrected chi connectivity index (χ3v) is 5.19. The number of nitro groups is 1. The Kier molecular flexibility index (Phi) is 6.26. The molecule has 0 N–H and O–H groups in total. The number of halogens is 1. The Balaban J connectivity index is 2.32. The maximum absolute atomic E-state index is 12.9. The average Bonchev–Trinajstić information content (AvgIpc) is 2.71. The van der Waals surface area contributed by atoms with Crippen LogP contribution in [0.1, 0.15) is 16.8 Å². The van der Waals surface area contributed by atoms with Crippen molar-refractivity contribution in [2.24, 2.45) is 0 Å². The maximum atomic E-state index is 12.9. The Morgan fingerprint density at radius 3 is 2.91 bits per heavy atom. The number of nitro benzene ring substituents is 1. The SMILES string of the molecule is CN(C)CC1CSCCCN1C(=O)c1cc([N+](=O)[O-])ccc1Cl. The van der Waals surface area contributed by atoms with Crippen LogP contribution in [0.2, 0.25) is 5.02 Å². The molecule has 1 aromatic carbocycles. The molecule has 0 aliphatic carbocycles. The first-order valence-corrected chi connectivity index (χ1v) is 8.91. The van der Waals surface area contributed by atoms with E-state index < -0.39 is 4.92 Å². The first kappa shape index (κ1) is 18.0. The monoisotopic (exact) mass is 357 g/mol. The van der Waals surface area contributed by atoms with Gasteiger partial charge in [-0.25, -0.2) is 0 Å². The number of carbonyl (C=O) groups excluding carboxylic acids is 1. The van der Waals surface area contributed by atoms with Gasteiger partial charge in [-0.2, -0.15) is 11.8 Å². The van der Waals surface area contributed by atoms with E-state index in [1.165, 1.54) is 18.2 Å². The second-order valence-electron chi connectivity index (χ2n) is 5.76. The summed E-state index contributed by atoms with van der Waals surface area (Å²) in [7, 11) is 3.94. The second-order valence-corrected chi connectivity index (χ2v) is 7.32. The summed E-state index contributed by atoms with van der Waals surface area (Å²) in [6.07, 6.45) is 0.910. The van der Waals surface area contributed by atoms with Gasteiger partial charge in [0.1, 0.15) is 0 Å². The maximum Gasteiger partial charge on any atom is 0.270 e. The van der Waals surface area contributed by atoms with Gasteiger partial charge in [0.25, 0.3) is 11.6 Å². The molecule has 126 valence electrons. The number of hydrogen-bond donors (Lipinski definition) is 0. The number of thioether (sulfide) groups is 1. The minimum Gasteiger partial charge on any atom is -0.333 e. The van der Waals surface area contributed by atoms with Crippen molar-refractivity contribution in [3.05, 3.63) is 38.9 Å². The molecule has 1 saturated heterocycles. The van der Waals surface area contributed by atoms with E-state index in [4.69, 9.17) is 11.6 Å². The highest BCUT2D eigenvalue weighted by molar-refractivity contribution is 7.99. The number of non-ortho nitro benzene ring substituents is 1. The fourth-order valence-electron chi connectivity index (χ4n) is 2.61. The van der Waals surface area contributed by atoms with Gasteiger partial charge < -0.3 is 9.80 Å². The molecule has 1 aromatic rings. The Hall–Kier alpha value is -1.31. The standard InChI is InChI=1S/C15H20ClN3O3S/c1-17(2)9-12-10-23-7-3-6-18(12)15(20)13-8-11(19(21)22)4-5-14(13)16/h4-5,8,12H,3,6-7,9-10H2,1-2H3. The Morgan fingerprint density at radius 1 is 1.52 bits per heavy atom. The fraction of sp³-hybridized carbons (Fsp3) is 0.533. The van der Waals surface area contributed by atoms with Crippen LogP contribution in [0.25, 0.3) is 0 Å². The van der Waals surface area contributed by atoms with Gasteiger partial charge in [0.2, 0.25) is 0 Å². The molecule has 1 aliphatic heterocycles. The highest BCUT2D eigenvalue weighted by atomic mass is 35.5. The van der Waals surface area contributed by atoms with Crippen LogP contribution in [0.15, 0.2) is 18.2 Å². The molecule has 0 radical (unpaired) electrons. The number of benzene rings is 1. The minimum atomic E-state index is -0.511. The molecule has 0 saturated carbocycles. The summed E-state index contributed by atoms with van der Waals surface area (Å²) in [5, 5.41) is 11.2. The van der Waals surface area contributed by atoms with Crippen molar-refractivity contribution in [3.8, 4) is 0 Å². The van der Waals surface area contributed by atoms with Crippen LogP contribution in [-0.4, -0.2) is 65.4 Å². The highest BCUT2D eigenvalue weighted by Gasteiger charge is 2.29. The number of carbonyl (C=O) groups is 1. The van der Waals surface area contributed by atoms with E-state index in [-0.39, 0.29) is 28.2 Å².